The van der Waals surface area contributed by atoms with Crippen molar-refractivity contribution in [3.8, 4) is 0 Å². The highest BCUT2D eigenvalue weighted by atomic mass is 19.1. The van der Waals surface area contributed by atoms with Gasteiger partial charge in [-0.1, -0.05) is 0 Å². The van der Waals surface area contributed by atoms with Crippen molar-refractivity contribution in [3.05, 3.63) is 0 Å². The van der Waals surface area contributed by atoms with Crippen LogP contribution in [0.15, 0.2) is 0 Å². The maximum Gasteiger partial charge on any atom is 0.240 e. The minimum absolute atomic E-state index is 0.0712. The molecule has 1 aliphatic rings. The van der Waals surface area contributed by atoms with E-state index in [9.17, 15) is 9.18 Å². The van der Waals surface area contributed by atoms with Crippen LogP contribution in [0.2, 0.25) is 0 Å². The summed E-state index contributed by atoms with van der Waals surface area (Å²) in [5, 5.41) is 0. The number of hydroxylamine groups is 1. The average molecular weight is 249 g/mol. The van der Waals surface area contributed by atoms with E-state index in [1.807, 2.05) is 13.8 Å². The van der Waals surface area contributed by atoms with Crippen molar-refractivity contribution in [1.29, 1.82) is 0 Å². The number of ether oxygens (including phenoxy) is 2. The molecule has 0 aromatic carbocycles. The van der Waals surface area contributed by atoms with Crippen molar-refractivity contribution >= 4 is 5.91 Å². The lowest BCUT2D eigenvalue weighted by Crippen LogP contribution is -2.38. The quantitative estimate of drug-likeness (QED) is 0.738. The third-order valence-corrected chi connectivity index (χ3v) is 2.41. The van der Waals surface area contributed by atoms with Gasteiger partial charge in [-0.25, -0.2) is 9.87 Å². The smallest absolute Gasteiger partial charge is 0.240 e. The number of rotatable bonds is 5. The summed E-state index contributed by atoms with van der Waals surface area (Å²) in [4.78, 5) is 15.5. The number of halogens is 1. The number of carbonyl (C=O) groups excluding carboxylic acids is 1. The number of hydrogen-bond acceptors (Lipinski definition) is 4. The van der Waals surface area contributed by atoms with Gasteiger partial charge in [0.25, 0.3) is 0 Å². The molecule has 1 fully saturated rings. The summed E-state index contributed by atoms with van der Waals surface area (Å²) in [6.07, 6.45) is -2.95. The Balaban J connectivity index is 2.47. The molecule has 1 amide bonds. The van der Waals surface area contributed by atoms with E-state index in [0.29, 0.717) is 0 Å². The van der Waals surface area contributed by atoms with Crippen molar-refractivity contribution in [3.63, 3.8) is 0 Å². The average Bonchev–Trinajstić information content (AvgIpc) is 2.45. The van der Waals surface area contributed by atoms with Crippen molar-refractivity contribution in [2.24, 2.45) is 0 Å². The van der Waals surface area contributed by atoms with Crippen LogP contribution in [0.1, 0.15) is 27.7 Å². The van der Waals surface area contributed by atoms with Crippen LogP contribution in [0, 0.1) is 0 Å². The molecule has 4 atom stereocenters. The zero-order chi connectivity index (χ0) is 13.0. The fourth-order valence-electron chi connectivity index (χ4n) is 1.74. The molecular weight excluding hydrogens is 229 g/mol. The fraction of sp³-hybridized carbons (Fsp3) is 0.909. The molecule has 100 valence electrons. The van der Waals surface area contributed by atoms with Crippen molar-refractivity contribution in [1.82, 2.24) is 5.48 Å². The first kappa shape index (κ1) is 14.3. The van der Waals surface area contributed by atoms with Crippen LogP contribution < -0.4 is 5.48 Å². The van der Waals surface area contributed by atoms with Crippen LogP contribution in [0.3, 0.4) is 0 Å². The molecule has 0 bridgehead atoms. The number of hydrogen-bond donors (Lipinski definition) is 1. The van der Waals surface area contributed by atoms with E-state index in [-0.39, 0.29) is 18.6 Å². The maximum atomic E-state index is 13.8. The van der Waals surface area contributed by atoms with Crippen LogP contribution in [-0.4, -0.2) is 43.1 Å². The second kappa shape index (κ2) is 6.28. The zero-order valence-electron chi connectivity index (χ0n) is 10.6. The molecule has 0 aromatic heterocycles. The molecule has 1 heterocycles. The van der Waals surface area contributed by atoms with Gasteiger partial charge in [-0.3, -0.25) is 9.63 Å². The molecule has 1 aliphatic heterocycles. The molecule has 0 unspecified atom stereocenters. The summed E-state index contributed by atoms with van der Waals surface area (Å²) >= 11 is 0. The van der Waals surface area contributed by atoms with Gasteiger partial charge in [0, 0.05) is 6.92 Å². The molecule has 0 radical (unpaired) electrons. The molecule has 1 N–H and O–H groups in total. The lowest BCUT2D eigenvalue weighted by Gasteiger charge is -2.21. The van der Waals surface area contributed by atoms with Crippen LogP contribution in [0.4, 0.5) is 4.39 Å². The number of alkyl halides is 1. The standard InChI is InChI=1S/C11H20FNO4/c1-6(2)16-11-9(5-15-13-8(4)14)17-7(3)10(11)12/h6-7,9-11H,5H2,1-4H3,(H,13,14)/t7-,9+,10-,11+/m0/s1. The third kappa shape index (κ3) is 4.22. The fourth-order valence-corrected chi connectivity index (χ4v) is 1.74. The minimum Gasteiger partial charge on any atom is -0.370 e. The molecule has 0 saturated carbocycles. The van der Waals surface area contributed by atoms with Crippen molar-refractivity contribution < 1.29 is 23.5 Å². The third-order valence-electron chi connectivity index (χ3n) is 2.41. The Bertz CT molecular complexity index is 262. The first-order valence-corrected chi connectivity index (χ1v) is 5.75. The van der Waals surface area contributed by atoms with Gasteiger partial charge in [-0.05, 0) is 20.8 Å². The van der Waals surface area contributed by atoms with E-state index < -0.39 is 24.5 Å². The van der Waals surface area contributed by atoms with Gasteiger partial charge >= 0.3 is 0 Å². The maximum absolute atomic E-state index is 13.8. The van der Waals surface area contributed by atoms with Crippen LogP contribution in [0.5, 0.6) is 0 Å². The topological polar surface area (TPSA) is 56.8 Å². The number of nitrogens with one attached hydrogen (secondary N) is 1. The number of carbonyl (C=O) groups is 1. The highest BCUT2D eigenvalue weighted by Gasteiger charge is 2.44. The van der Waals surface area contributed by atoms with Gasteiger partial charge in [0.05, 0.1) is 12.2 Å². The Hall–Kier alpha value is -0.720. The zero-order valence-corrected chi connectivity index (χ0v) is 10.6. The first-order chi connectivity index (χ1) is 7.91. The second-order valence-corrected chi connectivity index (χ2v) is 4.44. The Morgan fingerprint density at radius 2 is 2.18 bits per heavy atom. The Morgan fingerprint density at radius 1 is 1.53 bits per heavy atom. The summed E-state index contributed by atoms with van der Waals surface area (Å²) in [5.74, 6) is -0.311. The molecule has 17 heavy (non-hydrogen) atoms. The van der Waals surface area contributed by atoms with Gasteiger partial charge in [-0.15, -0.1) is 0 Å². The molecule has 1 saturated heterocycles. The summed E-state index contributed by atoms with van der Waals surface area (Å²) in [6, 6.07) is 0. The second-order valence-electron chi connectivity index (χ2n) is 4.44. The largest absolute Gasteiger partial charge is 0.370 e. The monoisotopic (exact) mass is 249 g/mol. The van der Waals surface area contributed by atoms with E-state index in [1.54, 1.807) is 6.92 Å². The SMILES string of the molecule is CC(=O)NOC[C@H]1O[C@@H](C)[C@H](F)[C@@H]1OC(C)C. The van der Waals surface area contributed by atoms with E-state index in [1.165, 1.54) is 6.92 Å². The van der Waals surface area contributed by atoms with Crippen molar-refractivity contribution in [2.45, 2.75) is 58.3 Å². The molecular formula is C11H20FNO4. The summed E-state index contributed by atoms with van der Waals surface area (Å²) < 4.78 is 24.6. The predicted octanol–water partition coefficient (Wildman–Crippen LogP) is 0.973. The Kier molecular flexibility index (Phi) is 5.30. The lowest BCUT2D eigenvalue weighted by atomic mass is 10.1. The number of amides is 1. The van der Waals surface area contributed by atoms with Crippen LogP contribution in [0.25, 0.3) is 0 Å². The molecule has 1 rings (SSSR count). The normalized spacial score (nSPS) is 33.1. The van der Waals surface area contributed by atoms with Gasteiger partial charge < -0.3 is 9.47 Å². The first-order valence-electron chi connectivity index (χ1n) is 5.75. The Morgan fingerprint density at radius 3 is 2.71 bits per heavy atom. The molecule has 0 aromatic rings. The van der Waals surface area contributed by atoms with Gasteiger partial charge in [0.2, 0.25) is 5.91 Å². The highest BCUT2D eigenvalue weighted by Crippen LogP contribution is 2.27. The Labute approximate surface area is 101 Å². The highest BCUT2D eigenvalue weighted by molar-refractivity contribution is 5.71. The summed E-state index contributed by atoms with van der Waals surface area (Å²) in [7, 11) is 0. The van der Waals surface area contributed by atoms with E-state index in [4.69, 9.17) is 14.3 Å². The predicted molar refractivity (Wildman–Crippen MR) is 59.0 cm³/mol. The van der Waals surface area contributed by atoms with Crippen molar-refractivity contribution in [2.75, 3.05) is 6.61 Å². The lowest BCUT2D eigenvalue weighted by molar-refractivity contribution is -0.139. The minimum atomic E-state index is -1.18. The molecule has 6 heteroatoms. The van der Waals surface area contributed by atoms with Gasteiger partial charge in [-0.2, -0.15) is 0 Å². The van der Waals surface area contributed by atoms with E-state index in [2.05, 4.69) is 5.48 Å². The van der Waals surface area contributed by atoms with Gasteiger partial charge in [0.15, 0.2) is 6.17 Å². The molecule has 0 spiro atoms. The van der Waals surface area contributed by atoms with Gasteiger partial charge in [0.1, 0.15) is 18.8 Å². The van der Waals surface area contributed by atoms with E-state index in [0.717, 1.165) is 0 Å². The van der Waals surface area contributed by atoms with Crippen LogP contribution in [-0.2, 0) is 19.1 Å². The molecule has 5 nitrogen and oxygen atoms in total. The van der Waals surface area contributed by atoms with E-state index >= 15 is 0 Å². The van der Waals surface area contributed by atoms with Crippen LogP contribution >= 0.6 is 0 Å². The summed E-state index contributed by atoms with van der Waals surface area (Å²) in [6.45, 7) is 6.72. The summed E-state index contributed by atoms with van der Waals surface area (Å²) in [5.41, 5.74) is 2.18. The molecule has 0 aliphatic carbocycles.